The molecule has 0 radical (unpaired) electrons. The molecule has 1 N–H and O–H groups in total. The summed E-state index contributed by atoms with van der Waals surface area (Å²) in [6.07, 6.45) is 4.60. The number of rotatable bonds is 6. The molecular formula is C15H16I2N2O. The van der Waals surface area contributed by atoms with Crippen LogP contribution in [0.5, 0.6) is 5.75 Å². The van der Waals surface area contributed by atoms with Crippen molar-refractivity contribution >= 4 is 45.2 Å². The van der Waals surface area contributed by atoms with Gasteiger partial charge < -0.3 is 10.1 Å². The number of aromatic nitrogens is 1. The minimum Gasteiger partial charge on any atom is -0.483 e. The van der Waals surface area contributed by atoms with Crippen molar-refractivity contribution in [3.8, 4) is 5.75 Å². The first-order valence-electron chi connectivity index (χ1n) is 6.37. The molecule has 0 aliphatic heterocycles. The van der Waals surface area contributed by atoms with Crippen molar-refractivity contribution in [1.29, 1.82) is 0 Å². The van der Waals surface area contributed by atoms with Gasteiger partial charge in [-0.2, -0.15) is 0 Å². The summed E-state index contributed by atoms with van der Waals surface area (Å²) in [7, 11) is 1.96. The highest BCUT2D eigenvalue weighted by Gasteiger charge is 2.15. The molecule has 0 amide bonds. The zero-order chi connectivity index (χ0) is 14.4. The molecule has 0 aliphatic carbocycles. The Balaban J connectivity index is 2.21. The van der Waals surface area contributed by atoms with Crippen LogP contribution in [-0.2, 0) is 0 Å². The summed E-state index contributed by atoms with van der Waals surface area (Å²) >= 11 is 4.59. The highest BCUT2D eigenvalue weighted by Crippen LogP contribution is 2.30. The zero-order valence-electron chi connectivity index (χ0n) is 11.1. The normalized spacial score (nSPS) is 12.2. The van der Waals surface area contributed by atoms with Gasteiger partial charge in [0.2, 0.25) is 0 Å². The number of nitrogens with one attached hydrogen (secondary N) is 1. The quantitative estimate of drug-likeness (QED) is 0.617. The Labute approximate surface area is 146 Å². The lowest BCUT2D eigenvalue weighted by Gasteiger charge is -2.20. The van der Waals surface area contributed by atoms with Crippen LogP contribution in [0.3, 0.4) is 0 Å². The van der Waals surface area contributed by atoms with Crippen molar-refractivity contribution in [1.82, 2.24) is 10.3 Å². The van der Waals surface area contributed by atoms with Gasteiger partial charge in [-0.15, -0.1) is 0 Å². The first-order valence-corrected chi connectivity index (χ1v) is 8.53. The van der Waals surface area contributed by atoms with E-state index >= 15 is 0 Å². The van der Waals surface area contributed by atoms with Gasteiger partial charge in [-0.3, -0.25) is 4.98 Å². The molecule has 1 atom stereocenters. The molecular weight excluding hydrogens is 478 g/mol. The second-order valence-corrected chi connectivity index (χ2v) is 6.58. The molecule has 0 saturated carbocycles. The van der Waals surface area contributed by atoms with Gasteiger partial charge in [0.1, 0.15) is 6.10 Å². The average Bonchev–Trinajstić information content (AvgIpc) is 2.48. The minimum atomic E-state index is 0.0390. The topological polar surface area (TPSA) is 34.1 Å². The average molecular weight is 494 g/mol. The zero-order valence-corrected chi connectivity index (χ0v) is 15.5. The Bertz CT molecular complexity index is 549. The Kier molecular flexibility index (Phi) is 6.50. The van der Waals surface area contributed by atoms with E-state index in [1.165, 1.54) is 5.56 Å². The maximum atomic E-state index is 6.20. The number of nitrogens with zero attached hydrogens (tertiary/aromatic N) is 1. The second kappa shape index (κ2) is 8.14. The lowest BCUT2D eigenvalue weighted by Crippen LogP contribution is -2.16. The fourth-order valence-electron chi connectivity index (χ4n) is 1.87. The fraction of sp³-hybridized carbons (Fsp3) is 0.267. The van der Waals surface area contributed by atoms with E-state index in [1.807, 2.05) is 31.4 Å². The van der Waals surface area contributed by atoms with Gasteiger partial charge in [0.05, 0.1) is 9.77 Å². The van der Waals surface area contributed by atoms with Gasteiger partial charge in [-0.25, -0.2) is 0 Å². The Morgan fingerprint density at radius 2 is 1.95 bits per heavy atom. The molecule has 0 spiro atoms. The summed E-state index contributed by atoms with van der Waals surface area (Å²) in [4.78, 5) is 4.22. The summed E-state index contributed by atoms with van der Waals surface area (Å²) in [6.45, 7) is 0.910. The van der Waals surface area contributed by atoms with Crippen LogP contribution in [0.15, 0.2) is 42.7 Å². The molecule has 1 aromatic carbocycles. The Morgan fingerprint density at radius 1 is 1.20 bits per heavy atom. The number of benzene rings is 1. The first kappa shape index (κ1) is 16.0. The standard InChI is InChI=1S/C15H16I2N2O/c1-18-8-7-13(11-5-3-2-4-6-11)20-14-10-19-9-12(16)15(14)17/h2-6,9-10,13,18H,7-8H2,1H3. The summed E-state index contributed by atoms with van der Waals surface area (Å²) in [6, 6.07) is 10.3. The summed E-state index contributed by atoms with van der Waals surface area (Å²) in [5.74, 6) is 0.849. The van der Waals surface area contributed by atoms with Crippen molar-refractivity contribution in [2.75, 3.05) is 13.6 Å². The number of halogens is 2. The van der Waals surface area contributed by atoms with E-state index in [2.05, 4.69) is 67.6 Å². The number of hydrogen-bond donors (Lipinski definition) is 1. The van der Waals surface area contributed by atoms with Gasteiger partial charge >= 0.3 is 0 Å². The SMILES string of the molecule is CNCCC(Oc1cncc(I)c1I)c1ccccc1. The number of hydrogen-bond acceptors (Lipinski definition) is 3. The minimum absolute atomic E-state index is 0.0390. The lowest BCUT2D eigenvalue weighted by atomic mass is 10.1. The van der Waals surface area contributed by atoms with Gasteiger partial charge in [-0.05, 0) is 64.3 Å². The third-order valence-corrected chi connectivity index (χ3v) is 5.87. The smallest absolute Gasteiger partial charge is 0.152 e. The molecule has 0 saturated heterocycles. The van der Waals surface area contributed by atoms with Crippen molar-refractivity contribution < 1.29 is 4.74 Å². The molecule has 5 heteroatoms. The summed E-state index contributed by atoms with van der Waals surface area (Å²) < 4.78 is 8.43. The molecule has 0 bridgehead atoms. The van der Waals surface area contributed by atoms with E-state index in [9.17, 15) is 0 Å². The molecule has 1 heterocycles. The predicted molar refractivity (Wildman–Crippen MR) is 98.0 cm³/mol. The molecule has 3 nitrogen and oxygen atoms in total. The summed E-state index contributed by atoms with van der Waals surface area (Å²) in [5.41, 5.74) is 1.19. The summed E-state index contributed by atoms with van der Waals surface area (Å²) in [5, 5.41) is 3.18. The van der Waals surface area contributed by atoms with E-state index in [-0.39, 0.29) is 6.10 Å². The number of pyridine rings is 1. The van der Waals surface area contributed by atoms with Crippen LogP contribution in [0.2, 0.25) is 0 Å². The maximum absolute atomic E-state index is 6.20. The molecule has 0 aliphatic rings. The van der Waals surface area contributed by atoms with Crippen LogP contribution in [0.4, 0.5) is 0 Å². The monoisotopic (exact) mass is 494 g/mol. The molecule has 106 valence electrons. The van der Waals surface area contributed by atoms with Crippen LogP contribution >= 0.6 is 45.2 Å². The van der Waals surface area contributed by atoms with Crippen LogP contribution < -0.4 is 10.1 Å². The second-order valence-electron chi connectivity index (χ2n) is 4.34. The fourth-order valence-corrected chi connectivity index (χ4v) is 2.71. The van der Waals surface area contributed by atoms with Gasteiger partial charge in [-0.1, -0.05) is 30.3 Å². The first-order chi connectivity index (χ1) is 9.72. The van der Waals surface area contributed by atoms with E-state index in [0.717, 1.165) is 25.9 Å². The largest absolute Gasteiger partial charge is 0.483 e. The lowest BCUT2D eigenvalue weighted by molar-refractivity contribution is 0.192. The number of ether oxygens (including phenoxy) is 1. The van der Waals surface area contributed by atoms with E-state index < -0.39 is 0 Å². The van der Waals surface area contributed by atoms with Crippen molar-refractivity contribution in [2.24, 2.45) is 0 Å². The van der Waals surface area contributed by atoms with E-state index in [4.69, 9.17) is 4.74 Å². The highest BCUT2D eigenvalue weighted by atomic mass is 127. The maximum Gasteiger partial charge on any atom is 0.152 e. The van der Waals surface area contributed by atoms with E-state index in [1.54, 1.807) is 6.20 Å². The van der Waals surface area contributed by atoms with Gasteiger partial charge in [0.25, 0.3) is 0 Å². The third-order valence-electron chi connectivity index (χ3n) is 2.90. The van der Waals surface area contributed by atoms with Crippen LogP contribution in [-0.4, -0.2) is 18.6 Å². The molecule has 2 aromatic rings. The molecule has 1 unspecified atom stereocenters. The van der Waals surface area contributed by atoms with Crippen molar-refractivity contribution in [3.05, 3.63) is 55.4 Å². The molecule has 0 fully saturated rings. The molecule has 20 heavy (non-hydrogen) atoms. The Hall–Kier alpha value is -0.410. The Morgan fingerprint density at radius 3 is 2.65 bits per heavy atom. The third kappa shape index (κ3) is 4.29. The van der Waals surface area contributed by atoms with E-state index in [0.29, 0.717) is 0 Å². The van der Waals surface area contributed by atoms with Gasteiger partial charge in [0, 0.05) is 16.2 Å². The molecule has 1 aromatic heterocycles. The van der Waals surface area contributed by atoms with Crippen LogP contribution in [0, 0.1) is 7.14 Å². The van der Waals surface area contributed by atoms with Crippen LogP contribution in [0.25, 0.3) is 0 Å². The molecule has 2 rings (SSSR count). The van der Waals surface area contributed by atoms with Crippen LogP contribution in [0.1, 0.15) is 18.1 Å². The van der Waals surface area contributed by atoms with Crippen molar-refractivity contribution in [3.63, 3.8) is 0 Å². The van der Waals surface area contributed by atoms with Gasteiger partial charge in [0.15, 0.2) is 5.75 Å². The highest BCUT2D eigenvalue weighted by molar-refractivity contribution is 14.1. The van der Waals surface area contributed by atoms with Crippen molar-refractivity contribution in [2.45, 2.75) is 12.5 Å². The predicted octanol–water partition coefficient (Wildman–Crippen LogP) is 4.02.